The van der Waals surface area contributed by atoms with Crippen LogP contribution in [-0.4, -0.2) is 33.8 Å². The Morgan fingerprint density at radius 2 is 2.04 bits per heavy atom. The number of methoxy groups -OCH3 is 1. The van der Waals surface area contributed by atoms with Gasteiger partial charge in [0.1, 0.15) is 5.75 Å². The lowest BCUT2D eigenvalue weighted by Crippen LogP contribution is -2.31. The van der Waals surface area contributed by atoms with Crippen LogP contribution in [0.25, 0.3) is 0 Å². The molecule has 0 spiro atoms. The maximum atomic E-state index is 12.8. The number of rotatable bonds is 6. The molecule has 0 saturated carbocycles. The number of Topliss-reactive ketones (excluding diaryl/α,β-unsaturated/α-hetero) is 1. The van der Waals surface area contributed by atoms with E-state index in [-0.39, 0.29) is 23.8 Å². The molecule has 1 unspecified atom stereocenters. The summed E-state index contributed by atoms with van der Waals surface area (Å²) in [6.45, 7) is 3.68. The monoisotopic (exact) mass is 366 g/mol. The van der Waals surface area contributed by atoms with E-state index in [0.717, 1.165) is 0 Å². The molecule has 0 radical (unpaired) electrons. The number of carbonyl (C=O) groups is 2. The summed E-state index contributed by atoms with van der Waals surface area (Å²) in [7, 11) is 1.55. The second-order valence-corrected chi connectivity index (χ2v) is 6.71. The van der Waals surface area contributed by atoms with Crippen molar-refractivity contribution in [1.29, 1.82) is 0 Å². The van der Waals surface area contributed by atoms with Gasteiger partial charge in [0.05, 0.1) is 31.0 Å². The summed E-state index contributed by atoms with van der Waals surface area (Å²) in [6, 6.07) is 11.9. The van der Waals surface area contributed by atoms with Crippen molar-refractivity contribution in [3.05, 3.63) is 71.3 Å². The second kappa shape index (κ2) is 7.61. The summed E-state index contributed by atoms with van der Waals surface area (Å²) in [6.07, 6.45) is 1.64. The van der Waals surface area contributed by atoms with Gasteiger partial charge in [0.25, 0.3) is 5.91 Å². The quantitative estimate of drug-likeness (QED) is 0.849. The van der Waals surface area contributed by atoms with Gasteiger partial charge in [-0.05, 0) is 29.8 Å². The normalized spacial score (nSPS) is 17.0. The first-order chi connectivity index (χ1) is 12.9. The molecule has 6 nitrogen and oxygen atoms in total. The summed E-state index contributed by atoms with van der Waals surface area (Å²) in [5.41, 5.74) is 1.50. The molecule has 1 atom stereocenters. The molecule has 1 amide bonds. The van der Waals surface area contributed by atoms with E-state index in [4.69, 9.17) is 4.74 Å². The van der Waals surface area contributed by atoms with Crippen molar-refractivity contribution in [3.63, 3.8) is 0 Å². The first kappa shape index (κ1) is 18.6. The third-order valence-corrected chi connectivity index (χ3v) is 4.56. The Bertz CT molecular complexity index is 890. The summed E-state index contributed by atoms with van der Waals surface area (Å²) >= 11 is 0. The molecule has 0 bridgehead atoms. The predicted octanol–water partition coefficient (Wildman–Crippen LogP) is 3.21. The van der Waals surface area contributed by atoms with Crippen LogP contribution in [0.15, 0.2) is 60.0 Å². The topological polar surface area (TPSA) is 79.7 Å². The Hall–Kier alpha value is -3.15. The number of ether oxygens (including phenoxy) is 1. The van der Waals surface area contributed by atoms with E-state index in [0.29, 0.717) is 17.0 Å². The van der Waals surface area contributed by atoms with E-state index < -0.39 is 17.7 Å². The molecular formula is C21H22N2O4. The van der Waals surface area contributed by atoms with Crippen molar-refractivity contribution in [3.8, 4) is 5.75 Å². The van der Waals surface area contributed by atoms with Crippen LogP contribution in [0.1, 0.15) is 31.1 Å². The zero-order valence-corrected chi connectivity index (χ0v) is 15.5. The zero-order valence-electron chi connectivity index (χ0n) is 15.5. The molecule has 2 aromatic rings. The Balaban J connectivity index is 2.09. The van der Waals surface area contributed by atoms with Crippen LogP contribution in [0, 0.1) is 5.92 Å². The van der Waals surface area contributed by atoms with Gasteiger partial charge in [-0.2, -0.15) is 0 Å². The number of benzene rings is 1. The largest absolute Gasteiger partial charge is 0.503 e. The van der Waals surface area contributed by atoms with E-state index in [1.165, 1.54) is 4.90 Å². The number of hydrogen-bond donors (Lipinski definition) is 1. The van der Waals surface area contributed by atoms with Crippen LogP contribution < -0.4 is 4.74 Å². The van der Waals surface area contributed by atoms with Crippen LogP contribution in [-0.2, 0) is 16.1 Å². The van der Waals surface area contributed by atoms with Gasteiger partial charge in [-0.15, -0.1) is 0 Å². The number of carbonyl (C=O) groups excluding carboxylic acids is 2. The molecule has 6 heteroatoms. The molecule has 1 aliphatic rings. The lowest BCUT2D eigenvalue weighted by Gasteiger charge is -2.27. The fraction of sp³-hybridized carbons (Fsp3) is 0.286. The zero-order chi connectivity index (χ0) is 19.6. The molecule has 2 heterocycles. The van der Waals surface area contributed by atoms with Crippen LogP contribution in [0.3, 0.4) is 0 Å². The van der Waals surface area contributed by atoms with Gasteiger partial charge in [0.15, 0.2) is 11.5 Å². The Morgan fingerprint density at radius 3 is 2.67 bits per heavy atom. The van der Waals surface area contributed by atoms with Crippen molar-refractivity contribution >= 4 is 11.7 Å². The third-order valence-electron chi connectivity index (χ3n) is 4.56. The van der Waals surface area contributed by atoms with E-state index in [1.54, 1.807) is 57.5 Å². The van der Waals surface area contributed by atoms with Crippen LogP contribution in [0.4, 0.5) is 0 Å². The Kier molecular flexibility index (Phi) is 5.26. The smallest absolute Gasteiger partial charge is 0.290 e. The number of aromatic nitrogens is 1. The Morgan fingerprint density at radius 1 is 1.26 bits per heavy atom. The van der Waals surface area contributed by atoms with Crippen LogP contribution in [0.2, 0.25) is 0 Å². The lowest BCUT2D eigenvalue weighted by molar-refractivity contribution is -0.130. The minimum atomic E-state index is -0.690. The van der Waals surface area contributed by atoms with Gasteiger partial charge in [-0.25, -0.2) is 0 Å². The van der Waals surface area contributed by atoms with Crippen molar-refractivity contribution in [1.82, 2.24) is 9.88 Å². The maximum Gasteiger partial charge on any atom is 0.290 e. The van der Waals surface area contributed by atoms with Crippen molar-refractivity contribution in [2.45, 2.75) is 26.4 Å². The first-order valence-corrected chi connectivity index (χ1v) is 8.76. The number of amides is 1. The first-order valence-electron chi connectivity index (χ1n) is 8.76. The van der Waals surface area contributed by atoms with E-state index >= 15 is 0 Å². The predicted molar refractivity (Wildman–Crippen MR) is 100 cm³/mol. The second-order valence-electron chi connectivity index (χ2n) is 6.71. The highest BCUT2D eigenvalue weighted by atomic mass is 16.5. The molecule has 0 fully saturated rings. The van der Waals surface area contributed by atoms with Gasteiger partial charge >= 0.3 is 0 Å². The SMILES string of the molecule is COc1cccc(C2C(C(=O)C(C)C)=C(O)C(=O)N2Cc2ccccn2)c1. The molecule has 0 aliphatic carbocycles. The molecule has 27 heavy (non-hydrogen) atoms. The van der Waals surface area contributed by atoms with Crippen LogP contribution >= 0.6 is 0 Å². The fourth-order valence-electron chi connectivity index (χ4n) is 3.20. The highest BCUT2D eigenvalue weighted by molar-refractivity contribution is 6.09. The van der Waals surface area contributed by atoms with E-state index in [2.05, 4.69) is 4.98 Å². The maximum absolute atomic E-state index is 12.8. The molecule has 140 valence electrons. The van der Waals surface area contributed by atoms with Crippen molar-refractivity contribution < 1.29 is 19.4 Å². The fourth-order valence-corrected chi connectivity index (χ4v) is 3.20. The molecule has 1 N–H and O–H groups in total. The van der Waals surface area contributed by atoms with Gasteiger partial charge in [0, 0.05) is 12.1 Å². The average Bonchev–Trinajstić information content (AvgIpc) is 2.93. The van der Waals surface area contributed by atoms with Crippen molar-refractivity contribution in [2.75, 3.05) is 7.11 Å². The van der Waals surface area contributed by atoms with Gasteiger partial charge in [0.2, 0.25) is 0 Å². The molecule has 1 aliphatic heterocycles. The molecule has 3 rings (SSSR count). The molecule has 1 aromatic heterocycles. The van der Waals surface area contributed by atoms with Gasteiger partial charge < -0.3 is 14.7 Å². The van der Waals surface area contributed by atoms with Gasteiger partial charge in [-0.1, -0.05) is 32.0 Å². The summed E-state index contributed by atoms with van der Waals surface area (Å²) in [4.78, 5) is 31.3. The Labute approximate surface area is 158 Å². The summed E-state index contributed by atoms with van der Waals surface area (Å²) in [5.74, 6) is -1.05. The highest BCUT2D eigenvalue weighted by Gasteiger charge is 2.44. The molecule has 1 aromatic carbocycles. The third kappa shape index (κ3) is 3.56. The summed E-state index contributed by atoms with van der Waals surface area (Å²) < 4.78 is 5.29. The lowest BCUT2D eigenvalue weighted by atomic mass is 9.91. The number of aliphatic hydroxyl groups is 1. The van der Waals surface area contributed by atoms with Crippen LogP contribution in [0.5, 0.6) is 5.75 Å². The van der Waals surface area contributed by atoms with E-state index in [1.807, 2.05) is 12.1 Å². The minimum absolute atomic E-state index is 0.124. The number of pyridine rings is 1. The molecule has 0 saturated heterocycles. The highest BCUT2D eigenvalue weighted by Crippen LogP contribution is 2.40. The van der Waals surface area contributed by atoms with Gasteiger partial charge in [-0.3, -0.25) is 14.6 Å². The minimum Gasteiger partial charge on any atom is -0.503 e. The number of nitrogens with zero attached hydrogens (tertiary/aromatic N) is 2. The van der Waals surface area contributed by atoms with E-state index in [9.17, 15) is 14.7 Å². The van der Waals surface area contributed by atoms with Crippen molar-refractivity contribution in [2.24, 2.45) is 5.92 Å². The average molecular weight is 366 g/mol. The number of hydrogen-bond acceptors (Lipinski definition) is 5. The standard InChI is InChI=1S/C21H22N2O4/c1-13(2)19(24)17-18(14-7-6-9-16(11-14)27-3)23(21(26)20(17)25)12-15-8-4-5-10-22-15/h4-11,13,18,25H,12H2,1-3H3. The molecular weight excluding hydrogens is 344 g/mol. The number of aliphatic hydroxyl groups excluding tert-OH is 1. The number of ketones is 1. The summed E-state index contributed by atoms with van der Waals surface area (Å²) in [5, 5.41) is 10.5.